The van der Waals surface area contributed by atoms with E-state index in [1.165, 1.54) is 0 Å². The van der Waals surface area contributed by atoms with E-state index < -0.39 is 5.23 Å². The van der Waals surface area contributed by atoms with E-state index in [1.54, 1.807) is 12.1 Å². The van der Waals surface area contributed by atoms with Crippen molar-refractivity contribution in [3.8, 4) is 0 Å². The number of quaternary nitrogens is 1. The van der Waals surface area contributed by atoms with Crippen LogP contribution in [0.4, 0.5) is 5.69 Å². The van der Waals surface area contributed by atoms with Gasteiger partial charge in [0.2, 0.25) is 0 Å². The zero-order valence-electron chi connectivity index (χ0n) is 7.31. The summed E-state index contributed by atoms with van der Waals surface area (Å²) in [6, 6.07) is 5.30. The summed E-state index contributed by atoms with van der Waals surface area (Å²) in [7, 11) is 0. The van der Waals surface area contributed by atoms with Gasteiger partial charge in [-0.25, -0.2) is 5.21 Å². The van der Waals surface area contributed by atoms with Gasteiger partial charge in [-0.3, -0.25) is 0 Å². The molecule has 3 rings (SSSR count). The number of nitrogens with one attached hydrogen (secondary N) is 1. The van der Waals surface area contributed by atoms with Crippen LogP contribution in [-0.2, 0) is 4.74 Å². The molecule has 2 N–H and O–H groups in total. The summed E-state index contributed by atoms with van der Waals surface area (Å²) in [5.74, 6) is 0. The standard InChI is InChI=1S/C10H9NO3/c12-11(13)7-3-1-2-6-4-5-8-10(14-8)9(6)7/h1-5,8,10-12H. The quantitative estimate of drug-likeness (QED) is 0.503. The maximum Gasteiger partial charge on any atom is 0.170 e. The van der Waals surface area contributed by atoms with Gasteiger partial charge < -0.3 is 9.94 Å². The van der Waals surface area contributed by atoms with E-state index in [4.69, 9.17) is 9.94 Å². The van der Waals surface area contributed by atoms with E-state index in [1.807, 2.05) is 18.2 Å². The van der Waals surface area contributed by atoms with Gasteiger partial charge in [-0.15, -0.1) is 0 Å². The molecule has 0 bridgehead atoms. The second-order valence-electron chi connectivity index (χ2n) is 3.49. The molecule has 0 aromatic heterocycles. The number of epoxide rings is 1. The van der Waals surface area contributed by atoms with Crippen LogP contribution in [0.15, 0.2) is 24.3 Å². The van der Waals surface area contributed by atoms with Crippen LogP contribution in [0, 0.1) is 5.21 Å². The molecule has 0 saturated carbocycles. The van der Waals surface area contributed by atoms with Gasteiger partial charge in [-0.2, -0.15) is 5.23 Å². The fraction of sp³-hybridized carbons (Fsp3) is 0.200. The molecule has 1 aromatic rings. The SMILES string of the molecule is [O-][NH+](O)c1cccc2c1C1OC1C=C2. The highest BCUT2D eigenvalue weighted by Gasteiger charge is 2.44. The smallest absolute Gasteiger partial charge is 0.170 e. The van der Waals surface area contributed by atoms with E-state index in [0.717, 1.165) is 11.1 Å². The summed E-state index contributed by atoms with van der Waals surface area (Å²) in [6.45, 7) is 0. The first-order valence-corrected chi connectivity index (χ1v) is 4.47. The predicted octanol–water partition coefficient (Wildman–Crippen LogP) is 0.557. The summed E-state index contributed by atoms with van der Waals surface area (Å²) in [5.41, 5.74) is 2.15. The van der Waals surface area contributed by atoms with Gasteiger partial charge in [-0.1, -0.05) is 24.3 Å². The molecule has 1 fully saturated rings. The monoisotopic (exact) mass is 191 g/mol. The van der Waals surface area contributed by atoms with Crippen molar-refractivity contribution in [1.29, 1.82) is 0 Å². The molecule has 2 aliphatic rings. The summed E-state index contributed by atoms with van der Waals surface area (Å²) < 4.78 is 5.34. The highest BCUT2D eigenvalue weighted by atomic mass is 16.8. The Morgan fingerprint density at radius 2 is 2.29 bits per heavy atom. The van der Waals surface area contributed by atoms with Crippen LogP contribution in [0.1, 0.15) is 17.2 Å². The maximum atomic E-state index is 11.0. The zero-order chi connectivity index (χ0) is 9.71. The summed E-state index contributed by atoms with van der Waals surface area (Å²) in [6.07, 6.45) is 3.97. The third-order valence-electron chi connectivity index (χ3n) is 2.65. The number of rotatable bonds is 1. The van der Waals surface area contributed by atoms with Gasteiger partial charge in [0.1, 0.15) is 12.2 Å². The van der Waals surface area contributed by atoms with Crippen LogP contribution in [0.25, 0.3) is 6.08 Å². The molecule has 1 aliphatic heterocycles. The fourth-order valence-electron chi connectivity index (χ4n) is 1.93. The van der Waals surface area contributed by atoms with Crippen molar-refractivity contribution in [3.63, 3.8) is 0 Å². The van der Waals surface area contributed by atoms with E-state index in [2.05, 4.69) is 0 Å². The lowest BCUT2D eigenvalue weighted by molar-refractivity contribution is -0.991. The van der Waals surface area contributed by atoms with Gasteiger partial charge >= 0.3 is 0 Å². The predicted molar refractivity (Wildman–Crippen MR) is 48.9 cm³/mol. The van der Waals surface area contributed by atoms with Crippen molar-refractivity contribution < 1.29 is 15.2 Å². The average molecular weight is 191 g/mol. The van der Waals surface area contributed by atoms with Gasteiger partial charge in [0.05, 0.1) is 5.56 Å². The molecule has 1 heterocycles. The second kappa shape index (κ2) is 2.65. The molecule has 4 nitrogen and oxygen atoms in total. The lowest BCUT2D eigenvalue weighted by atomic mass is 9.96. The molecule has 0 amide bonds. The van der Waals surface area contributed by atoms with Gasteiger partial charge in [0, 0.05) is 6.07 Å². The van der Waals surface area contributed by atoms with Gasteiger partial charge in [-0.05, 0) is 5.56 Å². The maximum absolute atomic E-state index is 11.0. The first kappa shape index (κ1) is 8.14. The molecule has 1 aliphatic carbocycles. The van der Waals surface area contributed by atoms with Crippen molar-refractivity contribution in [2.24, 2.45) is 0 Å². The molecule has 3 atom stereocenters. The summed E-state index contributed by atoms with van der Waals surface area (Å²) in [5, 5.41) is 19.1. The molecule has 1 aromatic carbocycles. The van der Waals surface area contributed by atoms with Crippen LogP contribution < -0.4 is 5.23 Å². The summed E-state index contributed by atoms with van der Waals surface area (Å²) >= 11 is 0. The number of fused-ring (bicyclic) bond motifs is 3. The average Bonchev–Trinajstić information content (AvgIpc) is 2.95. The van der Waals surface area contributed by atoms with Gasteiger partial charge in [0.25, 0.3) is 0 Å². The Morgan fingerprint density at radius 1 is 1.43 bits per heavy atom. The van der Waals surface area contributed by atoms with E-state index >= 15 is 0 Å². The largest absolute Gasteiger partial charge is 0.595 e. The molecule has 1 saturated heterocycles. The number of hydrogen-bond acceptors (Lipinski definition) is 3. The van der Waals surface area contributed by atoms with Crippen molar-refractivity contribution in [2.45, 2.75) is 12.2 Å². The second-order valence-corrected chi connectivity index (χ2v) is 3.49. The Hall–Kier alpha value is -1.20. The Labute approximate surface area is 80.6 Å². The third-order valence-corrected chi connectivity index (χ3v) is 2.65. The van der Waals surface area contributed by atoms with Crippen LogP contribution in [0.2, 0.25) is 0 Å². The molecule has 4 heteroatoms. The zero-order valence-corrected chi connectivity index (χ0v) is 7.31. The first-order chi connectivity index (χ1) is 6.77. The minimum atomic E-state index is -0.883. The normalized spacial score (nSPS) is 29.3. The van der Waals surface area contributed by atoms with Crippen LogP contribution in [-0.4, -0.2) is 11.3 Å². The molecule has 14 heavy (non-hydrogen) atoms. The Morgan fingerprint density at radius 3 is 3.07 bits per heavy atom. The minimum Gasteiger partial charge on any atom is -0.595 e. The molecular formula is C10H9NO3. The Balaban J connectivity index is 2.19. The van der Waals surface area contributed by atoms with E-state index in [-0.39, 0.29) is 12.2 Å². The molecule has 72 valence electrons. The van der Waals surface area contributed by atoms with Crippen LogP contribution >= 0.6 is 0 Å². The fourth-order valence-corrected chi connectivity index (χ4v) is 1.93. The van der Waals surface area contributed by atoms with Crippen LogP contribution in [0.5, 0.6) is 0 Å². The third kappa shape index (κ3) is 1.03. The molecule has 0 spiro atoms. The van der Waals surface area contributed by atoms with E-state index in [9.17, 15) is 5.21 Å². The van der Waals surface area contributed by atoms with Gasteiger partial charge in [0.15, 0.2) is 5.69 Å². The lowest BCUT2D eigenvalue weighted by Crippen LogP contribution is -2.99. The lowest BCUT2D eigenvalue weighted by Gasteiger charge is -2.17. The minimum absolute atomic E-state index is 0.0256. The first-order valence-electron chi connectivity index (χ1n) is 4.47. The van der Waals surface area contributed by atoms with Crippen molar-refractivity contribution in [3.05, 3.63) is 40.6 Å². The topological polar surface area (TPSA) is 60.3 Å². The van der Waals surface area contributed by atoms with Crippen molar-refractivity contribution >= 4 is 11.8 Å². The van der Waals surface area contributed by atoms with E-state index in [0.29, 0.717) is 5.69 Å². The molecule has 3 unspecified atom stereocenters. The summed E-state index contributed by atoms with van der Waals surface area (Å²) in [4.78, 5) is 0. The number of hydrogen-bond donors (Lipinski definition) is 2. The van der Waals surface area contributed by atoms with Crippen molar-refractivity contribution in [1.82, 2.24) is 0 Å². The molecule has 0 radical (unpaired) electrons. The van der Waals surface area contributed by atoms with Crippen molar-refractivity contribution in [2.75, 3.05) is 0 Å². The highest BCUT2D eigenvalue weighted by Crippen LogP contribution is 2.47. The van der Waals surface area contributed by atoms with Crippen LogP contribution in [0.3, 0.4) is 0 Å². The molecular weight excluding hydrogens is 182 g/mol. The Kier molecular flexibility index (Phi) is 1.54. The Bertz CT molecular complexity index is 414. The number of ether oxygens (including phenoxy) is 1. The highest BCUT2D eigenvalue weighted by molar-refractivity contribution is 5.66. The number of benzene rings is 1.